The van der Waals surface area contributed by atoms with E-state index in [4.69, 9.17) is 5.26 Å². The van der Waals surface area contributed by atoms with E-state index < -0.39 is 4.92 Å². The van der Waals surface area contributed by atoms with E-state index in [1.165, 1.54) is 18.9 Å². The molecular weight excluding hydrogens is 232 g/mol. The lowest BCUT2D eigenvalue weighted by Gasteiger charge is -2.06. The predicted octanol–water partition coefficient (Wildman–Crippen LogP) is 2.85. The van der Waals surface area contributed by atoms with Gasteiger partial charge in [0.15, 0.2) is 0 Å². The highest BCUT2D eigenvalue weighted by Crippen LogP contribution is 2.18. The molecule has 0 atom stereocenters. The number of rotatable bonds is 7. The second-order valence-corrected chi connectivity index (χ2v) is 3.95. The normalized spacial score (nSPS) is 9.78. The van der Waals surface area contributed by atoms with Crippen molar-refractivity contribution in [3.05, 3.63) is 27.9 Å². The maximum absolute atomic E-state index is 10.5. The average molecular weight is 248 g/mol. The number of aromatic nitrogens is 1. The molecule has 0 aromatic carbocycles. The van der Waals surface area contributed by atoms with E-state index in [-0.39, 0.29) is 11.3 Å². The van der Waals surface area contributed by atoms with E-state index >= 15 is 0 Å². The Labute approximate surface area is 106 Å². The lowest BCUT2D eigenvalue weighted by atomic mass is 10.2. The van der Waals surface area contributed by atoms with Crippen molar-refractivity contribution in [2.75, 3.05) is 11.9 Å². The Morgan fingerprint density at radius 1 is 1.50 bits per heavy atom. The minimum atomic E-state index is -0.557. The van der Waals surface area contributed by atoms with Crippen LogP contribution in [0.15, 0.2) is 12.3 Å². The fourth-order valence-electron chi connectivity index (χ4n) is 1.54. The molecule has 1 aromatic rings. The Kier molecular flexibility index (Phi) is 5.58. The summed E-state index contributed by atoms with van der Waals surface area (Å²) in [5.41, 5.74) is 0.0442. The molecule has 0 saturated heterocycles. The summed E-state index contributed by atoms with van der Waals surface area (Å²) in [5.74, 6) is 0.416. The fourth-order valence-corrected chi connectivity index (χ4v) is 1.54. The molecule has 0 aliphatic carbocycles. The lowest BCUT2D eigenvalue weighted by molar-refractivity contribution is -0.385. The number of anilines is 1. The fraction of sp³-hybridized carbons (Fsp3) is 0.500. The first-order chi connectivity index (χ1) is 8.69. The first-order valence-corrected chi connectivity index (χ1v) is 5.97. The number of pyridine rings is 1. The largest absolute Gasteiger partial charge is 0.369 e. The van der Waals surface area contributed by atoms with Crippen LogP contribution in [-0.4, -0.2) is 16.5 Å². The van der Waals surface area contributed by atoms with E-state index in [9.17, 15) is 10.1 Å². The highest BCUT2D eigenvalue weighted by Gasteiger charge is 2.11. The maximum atomic E-state index is 10.5. The summed E-state index contributed by atoms with van der Waals surface area (Å²) in [4.78, 5) is 13.9. The van der Waals surface area contributed by atoms with Gasteiger partial charge < -0.3 is 5.32 Å². The molecule has 0 bridgehead atoms. The van der Waals surface area contributed by atoms with Gasteiger partial charge in [-0.2, -0.15) is 5.26 Å². The van der Waals surface area contributed by atoms with Gasteiger partial charge in [-0.25, -0.2) is 4.98 Å². The van der Waals surface area contributed by atoms with E-state index in [1.54, 1.807) is 0 Å². The topological polar surface area (TPSA) is 91.8 Å². The standard InChI is InChI=1S/C12H16N4O2/c1-2-3-4-5-6-14-12-10(8-13)7-11(9-15-12)16(17)18/h7,9H,2-6H2,1H3,(H,14,15). The van der Waals surface area contributed by atoms with Crippen LogP contribution in [0.5, 0.6) is 0 Å². The number of unbranched alkanes of at least 4 members (excludes halogenated alkanes) is 3. The van der Waals surface area contributed by atoms with Crippen LogP contribution in [0, 0.1) is 21.4 Å². The maximum Gasteiger partial charge on any atom is 0.289 e. The van der Waals surface area contributed by atoms with Gasteiger partial charge in [-0.1, -0.05) is 26.2 Å². The molecule has 0 aliphatic heterocycles. The van der Waals surface area contributed by atoms with Crippen molar-refractivity contribution in [2.45, 2.75) is 32.6 Å². The molecule has 1 rings (SSSR count). The average Bonchev–Trinajstić information content (AvgIpc) is 2.38. The molecule has 96 valence electrons. The minimum absolute atomic E-state index is 0.164. The lowest BCUT2D eigenvalue weighted by Crippen LogP contribution is -2.05. The Morgan fingerprint density at radius 2 is 2.28 bits per heavy atom. The van der Waals surface area contributed by atoms with Crippen LogP contribution >= 0.6 is 0 Å². The quantitative estimate of drug-likeness (QED) is 0.455. The van der Waals surface area contributed by atoms with Crippen LogP contribution in [-0.2, 0) is 0 Å². The zero-order valence-electron chi connectivity index (χ0n) is 10.3. The van der Waals surface area contributed by atoms with Crippen molar-refractivity contribution >= 4 is 11.5 Å². The van der Waals surface area contributed by atoms with Crippen molar-refractivity contribution < 1.29 is 4.92 Å². The Hall–Kier alpha value is -2.16. The molecule has 0 radical (unpaired) electrons. The van der Waals surface area contributed by atoms with Crippen molar-refractivity contribution in [3.63, 3.8) is 0 Å². The number of hydrogen-bond acceptors (Lipinski definition) is 5. The van der Waals surface area contributed by atoms with Gasteiger partial charge >= 0.3 is 0 Å². The van der Waals surface area contributed by atoms with Gasteiger partial charge in [0, 0.05) is 12.6 Å². The van der Waals surface area contributed by atoms with Crippen molar-refractivity contribution in [3.8, 4) is 6.07 Å². The highest BCUT2D eigenvalue weighted by atomic mass is 16.6. The highest BCUT2D eigenvalue weighted by molar-refractivity contribution is 5.55. The molecule has 0 saturated carbocycles. The molecule has 6 nitrogen and oxygen atoms in total. The van der Waals surface area contributed by atoms with E-state index in [1.807, 2.05) is 6.07 Å². The number of hydrogen-bond donors (Lipinski definition) is 1. The SMILES string of the molecule is CCCCCCNc1ncc([N+](=O)[O-])cc1C#N. The van der Waals surface area contributed by atoms with Gasteiger partial charge in [-0.15, -0.1) is 0 Å². The molecule has 6 heteroatoms. The summed E-state index contributed by atoms with van der Waals surface area (Å²) in [6, 6.07) is 3.15. The Morgan fingerprint density at radius 3 is 2.89 bits per heavy atom. The number of nitro groups is 1. The second-order valence-electron chi connectivity index (χ2n) is 3.95. The second kappa shape index (κ2) is 7.22. The molecule has 18 heavy (non-hydrogen) atoms. The van der Waals surface area contributed by atoms with Crippen molar-refractivity contribution in [1.82, 2.24) is 4.98 Å². The zero-order valence-corrected chi connectivity index (χ0v) is 10.3. The van der Waals surface area contributed by atoms with Crippen LogP contribution in [0.3, 0.4) is 0 Å². The molecule has 0 unspecified atom stereocenters. The number of nitrogens with zero attached hydrogens (tertiary/aromatic N) is 3. The van der Waals surface area contributed by atoms with Gasteiger partial charge in [0.1, 0.15) is 23.6 Å². The van der Waals surface area contributed by atoms with Gasteiger partial charge in [0.25, 0.3) is 5.69 Å². The van der Waals surface area contributed by atoms with Gasteiger partial charge in [-0.3, -0.25) is 10.1 Å². The Balaban J connectivity index is 2.61. The smallest absolute Gasteiger partial charge is 0.289 e. The first-order valence-electron chi connectivity index (χ1n) is 5.97. The summed E-state index contributed by atoms with van der Waals surface area (Å²) in [5, 5.41) is 22.5. The third kappa shape index (κ3) is 4.01. The predicted molar refractivity (Wildman–Crippen MR) is 68.2 cm³/mol. The van der Waals surface area contributed by atoms with Gasteiger partial charge in [0.2, 0.25) is 0 Å². The summed E-state index contributed by atoms with van der Waals surface area (Å²) in [6.45, 7) is 2.86. The molecule has 0 spiro atoms. The molecular formula is C12H16N4O2. The third-order valence-corrected chi connectivity index (χ3v) is 2.53. The third-order valence-electron chi connectivity index (χ3n) is 2.53. The number of nitriles is 1. The van der Waals surface area contributed by atoms with Crippen LogP contribution in [0.25, 0.3) is 0 Å². The monoisotopic (exact) mass is 248 g/mol. The van der Waals surface area contributed by atoms with Crippen LogP contribution in [0.1, 0.15) is 38.2 Å². The van der Waals surface area contributed by atoms with Gasteiger partial charge in [-0.05, 0) is 6.42 Å². The van der Waals surface area contributed by atoms with Crippen LogP contribution in [0.4, 0.5) is 11.5 Å². The van der Waals surface area contributed by atoms with Gasteiger partial charge in [0.05, 0.1) is 4.92 Å². The molecule has 0 fully saturated rings. The van der Waals surface area contributed by atoms with Crippen LogP contribution < -0.4 is 5.32 Å². The van der Waals surface area contributed by atoms with E-state index in [2.05, 4.69) is 17.2 Å². The molecule has 1 heterocycles. The van der Waals surface area contributed by atoms with Crippen molar-refractivity contribution in [2.24, 2.45) is 0 Å². The number of nitrogens with one attached hydrogen (secondary N) is 1. The molecule has 1 N–H and O–H groups in total. The summed E-state index contributed by atoms with van der Waals surface area (Å²) >= 11 is 0. The summed E-state index contributed by atoms with van der Waals surface area (Å²) in [7, 11) is 0. The minimum Gasteiger partial charge on any atom is -0.369 e. The molecule has 1 aromatic heterocycles. The summed E-state index contributed by atoms with van der Waals surface area (Å²) in [6.07, 6.45) is 5.63. The van der Waals surface area contributed by atoms with E-state index in [0.29, 0.717) is 5.82 Å². The first kappa shape index (κ1) is 13.9. The molecule has 0 aliphatic rings. The van der Waals surface area contributed by atoms with Crippen molar-refractivity contribution in [1.29, 1.82) is 5.26 Å². The van der Waals surface area contributed by atoms with E-state index in [0.717, 1.165) is 25.6 Å². The summed E-state index contributed by atoms with van der Waals surface area (Å²) < 4.78 is 0. The zero-order chi connectivity index (χ0) is 13.4. The van der Waals surface area contributed by atoms with Crippen LogP contribution in [0.2, 0.25) is 0 Å². The molecule has 0 amide bonds. The Bertz CT molecular complexity index is 454.